The number of carbonyl (C=O) groups is 2. The lowest BCUT2D eigenvalue weighted by atomic mass is 10.1. The van der Waals surface area contributed by atoms with E-state index in [4.69, 9.17) is 14.3 Å². The number of ether oxygens (including phenoxy) is 2. The monoisotopic (exact) mass is 373 g/mol. The second-order valence-corrected chi connectivity index (χ2v) is 5.50. The minimum absolute atomic E-state index is 0.118. The molecule has 2 N–H and O–H groups in total. The molecule has 0 saturated carbocycles. The molecule has 0 fully saturated rings. The standard InChI is InChI=1S/C19H23N3O5/c1-20-19(24)27-17(14-8-5-4-6-9-14)13-26-16-11-7-10-15(12-16)21-18(23)22(2)25-3/h4-12,17H,13H2,1-3H3,(H,20,24)(H,21,23). The van der Waals surface area contributed by atoms with Crippen molar-refractivity contribution in [2.75, 3.05) is 33.1 Å². The molecule has 0 spiro atoms. The van der Waals surface area contributed by atoms with Crippen LogP contribution < -0.4 is 15.4 Å². The maximum atomic E-state index is 11.8. The van der Waals surface area contributed by atoms with E-state index in [0.29, 0.717) is 11.4 Å². The summed E-state index contributed by atoms with van der Waals surface area (Å²) in [6, 6.07) is 15.8. The van der Waals surface area contributed by atoms with E-state index in [2.05, 4.69) is 10.6 Å². The molecule has 0 aliphatic rings. The van der Waals surface area contributed by atoms with Crippen LogP contribution in [0.2, 0.25) is 0 Å². The van der Waals surface area contributed by atoms with Gasteiger partial charge in [-0.1, -0.05) is 36.4 Å². The molecule has 144 valence electrons. The van der Waals surface area contributed by atoms with Crippen LogP contribution in [0.5, 0.6) is 5.75 Å². The van der Waals surface area contributed by atoms with Gasteiger partial charge in [0.1, 0.15) is 12.4 Å². The van der Waals surface area contributed by atoms with Crippen molar-refractivity contribution in [3.05, 3.63) is 60.2 Å². The molecule has 0 saturated heterocycles. The van der Waals surface area contributed by atoms with Crippen LogP contribution in [-0.2, 0) is 9.57 Å². The molecule has 0 aromatic heterocycles. The molecule has 2 aromatic carbocycles. The molecule has 0 aliphatic heterocycles. The molecule has 1 unspecified atom stereocenters. The van der Waals surface area contributed by atoms with E-state index in [1.807, 2.05) is 30.3 Å². The molecule has 1 atom stereocenters. The van der Waals surface area contributed by atoms with Crippen molar-refractivity contribution in [3.8, 4) is 5.75 Å². The van der Waals surface area contributed by atoms with Crippen LogP contribution >= 0.6 is 0 Å². The average Bonchev–Trinajstić information content (AvgIpc) is 2.71. The summed E-state index contributed by atoms with van der Waals surface area (Å²) in [5.74, 6) is 0.523. The number of alkyl carbamates (subject to hydrolysis) is 1. The minimum atomic E-state index is -0.580. The lowest BCUT2D eigenvalue weighted by molar-refractivity contribution is -0.0598. The van der Waals surface area contributed by atoms with Crippen LogP contribution in [0.4, 0.5) is 15.3 Å². The maximum absolute atomic E-state index is 11.8. The topological polar surface area (TPSA) is 89.1 Å². The Hall–Kier alpha value is -3.26. The Labute approximate surface area is 158 Å². The number of carbonyl (C=O) groups excluding carboxylic acids is 2. The van der Waals surface area contributed by atoms with Gasteiger partial charge in [0.15, 0.2) is 6.10 Å². The van der Waals surface area contributed by atoms with Crippen molar-refractivity contribution in [1.29, 1.82) is 0 Å². The van der Waals surface area contributed by atoms with E-state index < -0.39 is 18.2 Å². The average molecular weight is 373 g/mol. The first kappa shape index (κ1) is 20.1. The van der Waals surface area contributed by atoms with Crippen molar-refractivity contribution < 1.29 is 23.9 Å². The molecule has 8 nitrogen and oxygen atoms in total. The van der Waals surface area contributed by atoms with Gasteiger partial charge in [-0.05, 0) is 17.7 Å². The summed E-state index contributed by atoms with van der Waals surface area (Å²) in [5.41, 5.74) is 1.36. The molecule has 8 heteroatoms. The van der Waals surface area contributed by atoms with E-state index in [1.165, 1.54) is 21.2 Å². The predicted molar refractivity (Wildman–Crippen MR) is 100 cm³/mol. The third-order valence-electron chi connectivity index (χ3n) is 3.67. The van der Waals surface area contributed by atoms with Crippen LogP contribution in [0, 0.1) is 0 Å². The molecule has 0 heterocycles. The van der Waals surface area contributed by atoms with E-state index in [0.717, 1.165) is 10.6 Å². The van der Waals surface area contributed by atoms with Crippen LogP contribution in [0.3, 0.4) is 0 Å². The zero-order valence-corrected chi connectivity index (χ0v) is 15.5. The van der Waals surface area contributed by atoms with Gasteiger partial charge in [-0.15, -0.1) is 0 Å². The highest BCUT2D eigenvalue weighted by Gasteiger charge is 2.17. The summed E-state index contributed by atoms with van der Waals surface area (Å²) >= 11 is 0. The fraction of sp³-hybridized carbons (Fsp3) is 0.263. The lowest BCUT2D eigenvalue weighted by Crippen LogP contribution is -2.30. The van der Waals surface area contributed by atoms with Crippen LogP contribution in [0.25, 0.3) is 0 Å². The van der Waals surface area contributed by atoms with Crippen molar-refractivity contribution in [2.24, 2.45) is 0 Å². The fourth-order valence-corrected chi connectivity index (χ4v) is 2.17. The summed E-state index contributed by atoms with van der Waals surface area (Å²) in [5, 5.41) is 6.18. The van der Waals surface area contributed by atoms with Crippen molar-refractivity contribution >= 4 is 17.8 Å². The molecular weight excluding hydrogens is 350 g/mol. The first-order valence-corrected chi connectivity index (χ1v) is 8.28. The number of rotatable bonds is 7. The Morgan fingerprint density at radius 3 is 2.52 bits per heavy atom. The predicted octanol–water partition coefficient (Wildman–Crippen LogP) is 3.19. The van der Waals surface area contributed by atoms with E-state index >= 15 is 0 Å². The van der Waals surface area contributed by atoms with E-state index in [-0.39, 0.29) is 6.61 Å². The number of nitrogens with zero attached hydrogens (tertiary/aromatic N) is 1. The van der Waals surface area contributed by atoms with Gasteiger partial charge in [0.2, 0.25) is 0 Å². The minimum Gasteiger partial charge on any atom is -0.489 e. The largest absolute Gasteiger partial charge is 0.489 e. The number of amides is 3. The molecule has 2 rings (SSSR count). The zero-order chi connectivity index (χ0) is 19.6. The Balaban J connectivity index is 2.05. The molecular formula is C19H23N3O5. The third kappa shape index (κ3) is 6.19. The summed E-state index contributed by atoms with van der Waals surface area (Å²) < 4.78 is 11.2. The highest BCUT2D eigenvalue weighted by molar-refractivity contribution is 5.88. The van der Waals surface area contributed by atoms with E-state index in [1.54, 1.807) is 24.3 Å². The normalized spacial score (nSPS) is 11.2. The molecule has 0 radical (unpaired) electrons. The summed E-state index contributed by atoms with van der Waals surface area (Å²) in [4.78, 5) is 28.3. The van der Waals surface area contributed by atoms with Gasteiger partial charge in [-0.3, -0.25) is 4.84 Å². The van der Waals surface area contributed by atoms with E-state index in [9.17, 15) is 9.59 Å². The van der Waals surface area contributed by atoms with Crippen LogP contribution in [0.15, 0.2) is 54.6 Å². The quantitative estimate of drug-likeness (QED) is 0.728. The molecule has 27 heavy (non-hydrogen) atoms. The Bertz CT molecular complexity index is 754. The maximum Gasteiger partial charge on any atom is 0.407 e. The van der Waals surface area contributed by atoms with Gasteiger partial charge < -0.3 is 20.1 Å². The SMILES string of the molecule is CNC(=O)OC(COc1cccc(NC(=O)N(C)OC)c1)c1ccccc1. The number of hydrogen-bond acceptors (Lipinski definition) is 5. The number of urea groups is 1. The van der Waals surface area contributed by atoms with Crippen molar-refractivity contribution in [3.63, 3.8) is 0 Å². The summed E-state index contributed by atoms with van der Waals surface area (Å²) in [6.45, 7) is 0.118. The van der Waals surface area contributed by atoms with Gasteiger partial charge in [0, 0.05) is 25.8 Å². The number of hydrogen-bond donors (Lipinski definition) is 2. The van der Waals surface area contributed by atoms with Crippen molar-refractivity contribution in [2.45, 2.75) is 6.10 Å². The Kier molecular flexibility index (Phi) is 7.45. The van der Waals surface area contributed by atoms with Gasteiger partial charge in [-0.2, -0.15) is 0 Å². The lowest BCUT2D eigenvalue weighted by Gasteiger charge is -2.19. The second kappa shape index (κ2) is 10.0. The van der Waals surface area contributed by atoms with Gasteiger partial charge in [0.25, 0.3) is 0 Å². The first-order chi connectivity index (χ1) is 13.0. The Morgan fingerprint density at radius 1 is 1.11 bits per heavy atom. The molecule has 3 amide bonds. The van der Waals surface area contributed by atoms with Crippen LogP contribution in [0.1, 0.15) is 11.7 Å². The van der Waals surface area contributed by atoms with Gasteiger partial charge >= 0.3 is 12.1 Å². The third-order valence-corrected chi connectivity index (χ3v) is 3.67. The smallest absolute Gasteiger partial charge is 0.407 e. The van der Waals surface area contributed by atoms with Gasteiger partial charge in [-0.25, -0.2) is 14.7 Å². The molecule has 0 aliphatic carbocycles. The summed E-state index contributed by atoms with van der Waals surface area (Å²) in [7, 11) is 4.39. The number of hydroxylamine groups is 2. The summed E-state index contributed by atoms with van der Waals surface area (Å²) in [6.07, 6.45) is -1.12. The zero-order valence-electron chi connectivity index (χ0n) is 15.5. The fourth-order valence-electron chi connectivity index (χ4n) is 2.17. The highest BCUT2D eigenvalue weighted by Crippen LogP contribution is 2.22. The second-order valence-electron chi connectivity index (χ2n) is 5.50. The first-order valence-electron chi connectivity index (χ1n) is 8.28. The van der Waals surface area contributed by atoms with Gasteiger partial charge in [0.05, 0.1) is 7.11 Å². The number of benzene rings is 2. The number of anilines is 1. The number of nitrogens with one attached hydrogen (secondary N) is 2. The molecule has 2 aromatic rings. The highest BCUT2D eigenvalue weighted by atomic mass is 16.7. The molecule has 0 bridgehead atoms. The Morgan fingerprint density at radius 2 is 1.85 bits per heavy atom. The van der Waals surface area contributed by atoms with Crippen molar-refractivity contribution in [1.82, 2.24) is 10.4 Å². The van der Waals surface area contributed by atoms with Crippen LogP contribution in [-0.4, -0.2) is 45.0 Å².